The molecule has 0 radical (unpaired) electrons. The van der Waals surface area contributed by atoms with E-state index >= 15 is 0 Å². The Balaban J connectivity index is 0.00000392. The van der Waals surface area contributed by atoms with Gasteiger partial charge in [-0.3, -0.25) is 4.99 Å². The number of alkyl halides is 3. The highest BCUT2D eigenvalue weighted by Gasteiger charge is 2.33. The third kappa shape index (κ3) is 6.33. The maximum Gasteiger partial charge on any atom is 0.416 e. The van der Waals surface area contributed by atoms with Gasteiger partial charge in [0.15, 0.2) is 5.96 Å². The fourth-order valence-electron chi connectivity index (χ4n) is 2.31. The second-order valence-electron chi connectivity index (χ2n) is 5.50. The van der Waals surface area contributed by atoms with Gasteiger partial charge >= 0.3 is 6.18 Å². The van der Waals surface area contributed by atoms with Crippen LogP contribution in [0.4, 0.5) is 22.0 Å². The molecule has 0 aromatic heterocycles. The van der Waals surface area contributed by atoms with Gasteiger partial charge in [-0.15, -0.1) is 24.0 Å². The van der Waals surface area contributed by atoms with Gasteiger partial charge in [0.1, 0.15) is 11.6 Å². The van der Waals surface area contributed by atoms with Crippen LogP contribution in [0.2, 0.25) is 0 Å². The third-order valence-corrected chi connectivity index (χ3v) is 3.68. The van der Waals surface area contributed by atoms with Crippen molar-refractivity contribution >= 4 is 29.9 Å². The van der Waals surface area contributed by atoms with Crippen molar-refractivity contribution in [2.24, 2.45) is 4.99 Å². The lowest BCUT2D eigenvalue weighted by Crippen LogP contribution is -2.37. The van der Waals surface area contributed by atoms with Gasteiger partial charge in [0, 0.05) is 25.7 Å². The van der Waals surface area contributed by atoms with Crippen molar-refractivity contribution < 1.29 is 22.0 Å². The first kappa shape index (κ1) is 23.6. The molecule has 0 heterocycles. The van der Waals surface area contributed by atoms with Crippen molar-refractivity contribution in [2.75, 3.05) is 7.05 Å². The zero-order chi connectivity index (χ0) is 20.0. The minimum Gasteiger partial charge on any atom is -0.352 e. The van der Waals surface area contributed by atoms with E-state index in [1.54, 1.807) is 0 Å². The number of hydrogen-bond acceptors (Lipinski definition) is 2. The Morgan fingerprint density at radius 3 is 2.18 bits per heavy atom. The highest BCUT2D eigenvalue weighted by atomic mass is 127. The van der Waals surface area contributed by atoms with Crippen LogP contribution in [0.25, 0.3) is 0 Å². The van der Waals surface area contributed by atoms with E-state index in [4.69, 9.17) is 5.26 Å². The highest BCUT2D eigenvalue weighted by molar-refractivity contribution is 14.0. The summed E-state index contributed by atoms with van der Waals surface area (Å²) in [6.45, 7) is -0.253. The molecule has 2 aromatic rings. The van der Waals surface area contributed by atoms with E-state index in [1.807, 2.05) is 6.07 Å². The smallest absolute Gasteiger partial charge is 0.352 e. The monoisotopic (exact) mass is 510 g/mol. The Bertz CT molecular complexity index is 891. The number of nitriles is 1. The second kappa shape index (κ2) is 10.2. The van der Waals surface area contributed by atoms with Crippen molar-refractivity contribution in [3.8, 4) is 6.07 Å². The van der Waals surface area contributed by atoms with E-state index in [0.29, 0.717) is 6.07 Å². The van der Waals surface area contributed by atoms with E-state index in [1.165, 1.54) is 19.2 Å². The summed E-state index contributed by atoms with van der Waals surface area (Å²) in [5, 5.41) is 14.2. The molecule has 2 N–H and O–H groups in total. The first-order chi connectivity index (χ1) is 12.7. The Labute approximate surface area is 175 Å². The molecule has 0 unspecified atom stereocenters. The number of halogens is 6. The summed E-state index contributed by atoms with van der Waals surface area (Å²) < 4.78 is 66.0. The van der Waals surface area contributed by atoms with Crippen LogP contribution in [-0.2, 0) is 19.3 Å². The Morgan fingerprint density at radius 2 is 1.64 bits per heavy atom. The predicted octanol–water partition coefficient (Wildman–Crippen LogP) is 4.34. The van der Waals surface area contributed by atoms with Crippen LogP contribution in [0.5, 0.6) is 0 Å². The molecule has 4 nitrogen and oxygen atoms in total. The van der Waals surface area contributed by atoms with Crippen molar-refractivity contribution in [1.29, 1.82) is 5.26 Å². The summed E-state index contributed by atoms with van der Waals surface area (Å²) in [4.78, 5) is 3.86. The number of aliphatic imine (C=N–C) groups is 1. The number of rotatable bonds is 4. The second-order valence-corrected chi connectivity index (χ2v) is 5.50. The van der Waals surface area contributed by atoms with Crippen LogP contribution >= 0.6 is 24.0 Å². The summed E-state index contributed by atoms with van der Waals surface area (Å²) in [6.07, 6.45) is -4.69. The number of guanidine groups is 1. The van der Waals surface area contributed by atoms with Crippen molar-refractivity contribution in [2.45, 2.75) is 19.3 Å². The van der Waals surface area contributed by atoms with Crippen molar-refractivity contribution in [3.05, 3.63) is 70.3 Å². The van der Waals surface area contributed by atoms with E-state index in [0.717, 1.165) is 18.2 Å². The Hall–Kier alpha value is -2.42. The van der Waals surface area contributed by atoms with Gasteiger partial charge in [0.2, 0.25) is 0 Å². The Morgan fingerprint density at radius 1 is 1.04 bits per heavy atom. The maximum absolute atomic E-state index is 13.9. The van der Waals surface area contributed by atoms with Gasteiger partial charge in [0.25, 0.3) is 0 Å². The summed E-state index contributed by atoms with van der Waals surface area (Å²) in [7, 11) is 1.40. The fraction of sp³-hybridized carbons (Fsp3) is 0.222. The topological polar surface area (TPSA) is 60.2 Å². The first-order valence-corrected chi connectivity index (χ1v) is 7.73. The predicted molar refractivity (Wildman–Crippen MR) is 105 cm³/mol. The van der Waals surface area contributed by atoms with Gasteiger partial charge in [-0.25, -0.2) is 8.78 Å². The molecule has 0 saturated carbocycles. The molecule has 0 aliphatic carbocycles. The van der Waals surface area contributed by atoms with Crippen LogP contribution in [0.3, 0.4) is 0 Å². The van der Waals surface area contributed by atoms with Crippen LogP contribution in [-0.4, -0.2) is 13.0 Å². The average Bonchev–Trinajstić information content (AvgIpc) is 2.62. The molecule has 0 aliphatic heterocycles. The summed E-state index contributed by atoms with van der Waals surface area (Å²) in [5.41, 5.74) is -0.801. The number of benzene rings is 2. The number of nitrogens with zero attached hydrogens (tertiary/aromatic N) is 2. The highest BCUT2D eigenvalue weighted by Crippen LogP contribution is 2.32. The quantitative estimate of drug-likeness (QED) is 0.279. The molecule has 0 aliphatic rings. The van der Waals surface area contributed by atoms with Crippen molar-refractivity contribution in [1.82, 2.24) is 10.6 Å². The van der Waals surface area contributed by atoms with Gasteiger partial charge in [-0.1, -0.05) is 12.1 Å². The van der Waals surface area contributed by atoms with Gasteiger partial charge < -0.3 is 10.6 Å². The van der Waals surface area contributed by atoms with Crippen LogP contribution < -0.4 is 10.6 Å². The molecule has 2 rings (SSSR count). The lowest BCUT2D eigenvalue weighted by Gasteiger charge is -2.16. The van der Waals surface area contributed by atoms with Gasteiger partial charge in [0.05, 0.1) is 17.2 Å². The molecule has 0 fully saturated rings. The van der Waals surface area contributed by atoms with Crippen molar-refractivity contribution in [3.63, 3.8) is 0 Å². The molecule has 0 bridgehead atoms. The van der Waals surface area contributed by atoms with Gasteiger partial charge in [-0.05, 0) is 29.8 Å². The normalized spacial score (nSPS) is 11.4. The Kier molecular flexibility index (Phi) is 8.62. The zero-order valence-corrected chi connectivity index (χ0v) is 16.9. The largest absolute Gasteiger partial charge is 0.416 e. The SMILES string of the molecule is CN=C(NCc1ccc(C#N)cc1F)NCc1ccc(F)cc1C(F)(F)F.I. The molecule has 0 atom stereocenters. The molecule has 0 saturated heterocycles. The molecular formula is C18H16F5IN4. The molecule has 2 aromatic carbocycles. The van der Waals surface area contributed by atoms with E-state index in [9.17, 15) is 22.0 Å². The lowest BCUT2D eigenvalue weighted by molar-refractivity contribution is -0.138. The zero-order valence-electron chi connectivity index (χ0n) is 14.6. The van der Waals surface area contributed by atoms with Gasteiger partial charge in [-0.2, -0.15) is 18.4 Å². The lowest BCUT2D eigenvalue weighted by atomic mass is 10.1. The molecule has 28 heavy (non-hydrogen) atoms. The maximum atomic E-state index is 13.9. The minimum absolute atomic E-state index is 0. The first-order valence-electron chi connectivity index (χ1n) is 7.73. The standard InChI is InChI=1S/C18H15F5N4.HI/c1-25-17(27-10-13-3-2-11(8-24)6-16(13)20)26-9-12-4-5-14(19)7-15(12)18(21,22)23;/h2-7H,9-10H2,1H3,(H2,25,26,27);1H. The summed E-state index contributed by atoms with van der Waals surface area (Å²) in [6, 6.07) is 8.19. The number of hydrogen-bond donors (Lipinski definition) is 2. The molecule has 10 heteroatoms. The van der Waals surface area contributed by atoms with Crippen LogP contribution in [0, 0.1) is 23.0 Å². The molecular weight excluding hydrogens is 494 g/mol. The average molecular weight is 510 g/mol. The fourth-order valence-corrected chi connectivity index (χ4v) is 2.31. The molecule has 0 amide bonds. The van der Waals surface area contributed by atoms with Crippen LogP contribution in [0.1, 0.15) is 22.3 Å². The molecule has 150 valence electrons. The van der Waals surface area contributed by atoms with Crippen LogP contribution in [0.15, 0.2) is 41.4 Å². The minimum atomic E-state index is -4.69. The third-order valence-electron chi connectivity index (χ3n) is 3.68. The summed E-state index contributed by atoms with van der Waals surface area (Å²) in [5.74, 6) is -1.43. The number of nitrogens with one attached hydrogen (secondary N) is 2. The van der Waals surface area contributed by atoms with E-state index < -0.39 is 23.4 Å². The molecule has 0 spiro atoms. The van der Waals surface area contributed by atoms with E-state index in [-0.39, 0.29) is 59.7 Å². The van der Waals surface area contributed by atoms with E-state index in [2.05, 4.69) is 15.6 Å². The summed E-state index contributed by atoms with van der Waals surface area (Å²) >= 11 is 0.